The van der Waals surface area contributed by atoms with Gasteiger partial charge in [0, 0.05) is 18.9 Å². The molecule has 1 rings (SSSR count). The summed E-state index contributed by atoms with van der Waals surface area (Å²) in [6, 6.07) is 0. The smallest absolute Gasteiger partial charge is 0.0945 e. The lowest BCUT2D eigenvalue weighted by Gasteiger charge is -1.93. The topological polar surface area (TPSA) is 17.8 Å². The second-order valence-corrected chi connectivity index (χ2v) is 1.67. The van der Waals surface area contributed by atoms with E-state index in [0.717, 1.165) is 6.54 Å². The van der Waals surface area contributed by atoms with Crippen LogP contribution in [0.3, 0.4) is 0 Å². The molecule has 1 aromatic heterocycles. The van der Waals surface area contributed by atoms with Gasteiger partial charge < -0.3 is 4.57 Å². The van der Waals surface area contributed by atoms with E-state index in [1.807, 2.05) is 17.7 Å². The third kappa shape index (κ3) is 1.09. The highest BCUT2D eigenvalue weighted by Crippen LogP contribution is 1.86. The average molecular weight is 109 g/mol. The van der Waals surface area contributed by atoms with Crippen molar-refractivity contribution in [1.29, 1.82) is 0 Å². The zero-order valence-corrected chi connectivity index (χ0v) is 4.91. The van der Waals surface area contributed by atoms with Crippen LogP contribution in [-0.2, 0) is 6.54 Å². The summed E-state index contributed by atoms with van der Waals surface area (Å²) in [5.41, 5.74) is 0. The molecule has 1 aromatic rings. The largest absolute Gasteiger partial charge is 0.337 e. The third-order valence-electron chi connectivity index (χ3n) is 0.953. The van der Waals surface area contributed by atoms with Crippen molar-refractivity contribution in [2.45, 2.75) is 13.5 Å². The second kappa shape index (κ2) is 2.50. The molecule has 0 N–H and O–H groups in total. The Morgan fingerprint density at radius 2 is 2.62 bits per heavy atom. The van der Waals surface area contributed by atoms with E-state index in [0.29, 0.717) is 0 Å². The van der Waals surface area contributed by atoms with Gasteiger partial charge in [-0.3, -0.25) is 0 Å². The van der Waals surface area contributed by atoms with Crippen molar-refractivity contribution in [2.24, 2.45) is 0 Å². The molecule has 2 heteroatoms. The molecule has 0 amide bonds. The third-order valence-corrected chi connectivity index (χ3v) is 0.953. The molecular weight excluding hydrogens is 100 g/mol. The summed E-state index contributed by atoms with van der Waals surface area (Å²) in [4.78, 5) is 3.88. The van der Waals surface area contributed by atoms with Crippen molar-refractivity contribution in [2.75, 3.05) is 0 Å². The van der Waals surface area contributed by atoms with Crippen molar-refractivity contribution in [3.05, 3.63) is 25.1 Å². The number of nitrogens with zero attached hydrogens (tertiary/aromatic N) is 2. The quantitative estimate of drug-likeness (QED) is 0.556. The van der Waals surface area contributed by atoms with E-state index in [9.17, 15) is 0 Å². The number of hydrogen-bond donors (Lipinski definition) is 0. The highest BCUT2D eigenvalue weighted by Gasteiger charge is 1.82. The van der Waals surface area contributed by atoms with Crippen LogP contribution in [0.4, 0.5) is 0 Å². The number of imidazole rings is 1. The van der Waals surface area contributed by atoms with Gasteiger partial charge in [-0.2, -0.15) is 0 Å². The van der Waals surface area contributed by atoms with Crippen molar-refractivity contribution in [1.82, 2.24) is 9.55 Å². The van der Waals surface area contributed by atoms with Crippen LogP contribution in [0.15, 0.2) is 18.7 Å². The summed E-state index contributed by atoms with van der Waals surface area (Å²) < 4.78 is 2.01. The van der Waals surface area contributed by atoms with Crippen molar-refractivity contribution in [3.8, 4) is 0 Å². The van der Waals surface area contributed by atoms with Gasteiger partial charge in [0.25, 0.3) is 0 Å². The fourth-order valence-corrected chi connectivity index (χ4v) is 0.606. The zero-order valence-electron chi connectivity index (χ0n) is 4.91. The molecule has 0 aliphatic carbocycles. The summed E-state index contributed by atoms with van der Waals surface area (Å²) in [6.45, 7) is 2.99. The van der Waals surface area contributed by atoms with E-state index in [1.165, 1.54) is 0 Å². The number of rotatable bonds is 2. The molecule has 0 aliphatic rings. The van der Waals surface area contributed by atoms with E-state index in [2.05, 4.69) is 11.4 Å². The van der Waals surface area contributed by atoms with Crippen LogP contribution in [0.2, 0.25) is 0 Å². The minimum absolute atomic E-state index is 0.958. The molecule has 0 aromatic carbocycles. The number of hydrogen-bond acceptors (Lipinski definition) is 1. The molecule has 0 aliphatic heterocycles. The Balaban J connectivity index is 2.50. The summed E-state index contributed by atoms with van der Waals surface area (Å²) >= 11 is 0. The minimum atomic E-state index is 0.958. The minimum Gasteiger partial charge on any atom is -0.337 e. The summed E-state index contributed by atoms with van der Waals surface area (Å²) in [6.07, 6.45) is 7.62. The van der Waals surface area contributed by atoms with Crippen LogP contribution in [0, 0.1) is 6.42 Å². The zero-order chi connectivity index (χ0) is 5.82. The molecule has 1 radical (unpaired) electrons. The SMILES string of the molecule is C[CH]Cn1ccnc1. The summed E-state index contributed by atoms with van der Waals surface area (Å²) in [5, 5.41) is 0. The molecule has 0 saturated carbocycles. The molecule has 0 spiro atoms. The van der Waals surface area contributed by atoms with E-state index in [1.54, 1.807) is 12.5 Å². The fraction of sp³-hybridized carbons (Fsp3) is 0.333. The first-order valence-corrected chi connectivity index (χ1v) is 2.67. The Morgan fingerprint density at radius 1 is 1.75 bits per heavy atom. The lowest BCUT2D eigenvalue weighted by Crippen LogP contribution is -1.90. The molecule has 0 unspecified atom stereocenters. The second-order valence-electron chi connectivity index (χ2n) is 1.67. The highest BCUT2D eigenvalue weighted by atomic mass is 15.0. The Kier molecular flexibility index (Phi) is 1.67. The lowest BCUT2D eigenvalue weighted by atomic mass is 10.5. The molecule has 2 nitrogen and oxygen atoms in total. The Labute approximate surface area is 49.2 Å². The Morgan fingerprint density at radius 3 is 3.12 bits per heavy atom. The Bertz CT molecular complexity index is 132. The maximum absolute atomic E-state index is 3.88. The molecule has 8 heavy (non-hydrogen) atoms. The molecule has 0 saturated heterocycles. The monoisotopic (exact) mass is 109 g/mol. The van der Waals surface area contributed by atoms with Gasteiger partial charge in [-0.05, 0) is 6.42 Å². The van der Waals surface area contributed by atoms with Gasteiger partial charge >= 0.3 is 0 Å². The summed E-state index contributed by atoms with van der Waals surface area (Å²) in [7, 11) is 0. The van der Waals surface area contributed by atoms with Gasteiger partial charge in [0.05, 0.1) is 6.33 Å². The van der Waals surface area contributed by atoms with Crippen LogP contribution >= 0.6 is 0 Å². The highest BCUT2D eigenvalue weighted by molar-refractivity contribution is 4.75. The predicted octanol–water partition coefficient (Wildman–Crippen LogP) is 1.11. The maximum atomic E-state index is 3.88. The first-order valence-electron chi connectivity index (χ1n) is 2.67. The van der Waals surface area contributed by atoms with Crippen LogP contribution in [0.25, 0.3) is 0 Å². The van der Waals surface area contributed by atoms with Crippen molar-refractivity contribution >= 4 is 0 Å². The molecule has 0 atom stereocenters. The molecule has 0 fully saturated rings. The fourth-order valence-electron chi connectivity index (χ4n) is 0.606. The van der Waals surface area contributed by atoms with E-state index < -0.39 is 0 Å². The first-order chi connectivity index (χ1) is 3.93. The first kappa shape index (κ1) is 5.35. The van der Waals surface area contributed by atoms with Gasteiger partial charge in [0.2, 0.25) is 0 Å². The molecule has 1 heterocycles. The van der Waals surface area contributed by atoms with Crippen LogP contribution in [0.1, 0.15) is 6.92 Å². The Hall–Kier alpha value is -0.790. The molecule has 43 valence electrons. The van der Waals surface area contributed by atoms with E-state index in [-0.39, 0.29) is 0 Å². The van der Waals surface area contributed by atoms with Crippen LogP contribution in [0.5, 0.6) is 0 Å². The summed E-state index contributed by atoms with van der Waals surface area (Å²) in [5.74, 6) is 0. The van der Waals surface area contributed by atoms with Gasteiger partial charge in [0.1, 0.15) is 0 Å². The van der Waals surface area contributed by atoms with Crippen molar-refractivity contribution < 1.29 is 0 Å². The molecular formula is C6H9N2. The lowest BCUT2D eigenvalue weighted by molar-refractivity contribution is 0.777. The van der Waals surface area contributed by atoms with E-state index in [4.69, 9.17) is 0 Å². The number of aromatic nitrogens is 2. The van der Waals surface area contributed by atoms with Gasteiger partial charge in [-0.1, -0.05) is 6.92 Å². The van der Waals surface area contributed by atoms with Gasteiger partial charge in [-0.15, -0.1) is 0 Å². The van der Waals surface area contributed by atoms with Gasteiger partial charge in [-0.25, -0.2) is 4.98 Å². The average Bonchev–Trinajstić information content (AvgIpc) is 2.19. The standard InChI is InChI=1S/C6H9N2/c1-2-4-8-5-3-7-6-8/h2-3,5-6H,4H2,1H3. The van der Waals surface area contributed by atoms with Crippen LogP contribution in [-0.4, -0.2) is 9.55 Å². The van der Waals surface area contributed by atoms with Crippen molar-refractivity contribution in [3.63, 3.8) is 0 Å². The van der Waals surface area contributed by atoms with Crippen LogP contribution < -0.4 is 0 Å². The normalized spacial score (nSPS) is 9.62. The van der Waals surface area contributed by atoms with Gasteiger partial charge in [0.15, 0.2) is 0 Å². The molecule has 0 bridgehead atoms. The predicted molar refractivity (Wildman–Crippen MR) is 32.2 cm³/mol. The van der Waals surface area contributed by atoms with E-state index >= 15 is 0 Å². The maximum Gasteiger partial charge on any atom is 0.0945 e.